The van der Waals surface area contributed by atoms with Crippen molar-refractivity contribution in [2.45, 2.75) is 33.2 Å². The average molecular weight is 234 g/mol. The van der Waals surface area contributed by atoms with Gasteiger partial charge in [-0.1, -0.05) is 6.92 Å². The zero-order valence-corrected chi connectivity index (χ0v) is 10.5. The second kappa shape index (κ2) is 4.35. The number of pyridine rings is 1. The van der Waals surface area contributed by atoms with E-state index in [1.165, 1.54) is 0 Å². The summed E-state index contributed by atoms with van der Waals surface area (Å²) in [7, 11) is 0. The topological polar surface area (TPSA) is 53.4 Å². The van der Waals surface area contributed by atoms with Crippen molar-refractivity contribution in [2.24, 2.45) is 5.92 Å². The number of nitrogens with zero attached hydrogens (tertiary/aromatic N) is 2. The SMILES string of the molecule is Cc1ccc(C(=O)O)c(N2CC(C)CC2C)n1. The van der Waals surface area contributed by atoms with E-state index in [0.29, 0.717) is 23.3 Å². The monoisotopic (exact) mass is 234 g/mol. The highest BCUT2D eigenvalue weighted by Crippen LogP contribution is 2.29. The fraction of sp³-hybridized carbons (Fsp3) is 0.538. The number of aromatic nitrogens is 1. The number of aromatic carboxylic acids is 1. The van der Waals surface area contributed by atoms with Crippen LogP contribution in [0.1, 0.15) is 36.3 Å². The van der Waals surface area contributed by atoms with E-state index in [1.807, 2.05) is 6.92 Å². The Morgan fingerprint density at radius 2 is 2.18 bits per heavy atom. The van der Waals surface area contributed by atoms with Gasteiger partial charge in [-0.3, -0.25) is 0 Å². The van der Waals surface area contributed by atoms with Gasteiger partial charge >= 0.3 is 5.97 Å². The maximum Gasteiger partial charge on any atom is 0.339 e. The van der Waals surface area contributed by atoms with Crippen LogP contribution in [0.25, 0.3) is 0 Å². The quantitative estimate of drug-likeness (QED) is 0.853. The number of carbonyl (C=O) groups is 1. The Labute approximate surface area is 101 Å². The molecule has 4 heteroatoms. The Balaban J connectivity index is 2.43. The van der Waals surface area contributed by atoms with Crippen molar-refractivity contribution in [1.29, 1.82) is 0 Å². The van der Waals surface area contributed by atoms with Crippen molar-refractivity contribution >= 4 is 11.8 Å². The van der Waals surface area contributed by atoms with Crippen LogP contribution in [0.5, 0.6) is 0 Å². The maximum atomic E-state index is 11.2. The van der Waals surface area contributed by atoms with E-state index in [0.717, 1.165) is 18.7 Å². The highest BCUT2D eigenvalue weighted by atomic mass is 16.4. The molecule has 0 amide bonds. The molecule has 1 aromatic heterocycles. The Kier molecular flexibility index (Phi) is 3.05. The van der Waals surface area contributed by atoms with Gasteiger partial charge in [-0.2, -0.15) is 0 Å². The second-order valence-corrected chi connectivity index (χ2v) is 4.97. The number of hydrogen-bond donors (Lipinski definition) is 1. The minimum Gasteiger partial charge on any atom is -0.478 e. The lowest BCUT2D eigenvalue weighted by molar-refractivity contribution is 0.0697. The van der Waals surface area contributed by atoms with Crippen molar-refractivity contribution in [1.82, 2.24) is 4.98 Å². The lowest BCUT2D eigenvalue weighted by atomic mass is 10.1. The zero-order chi connectivity index (χ0) is 12.6. The molecule has 2 heterocycles. The van der Waals surface area contributed by atoms with Crippen molar-refractivity contribution < 1.29 is 9.90 Å². The molecule has 1 N–H and O–H groups in total. The van der Waals surface area contributed by atoms with Crippen LogP contribution < -0.4 is 4.90 Å². The van der Waals surface area contributed by atoms with Crippen LogP contribution in [-0.4, -0.2) is 28.6 Å². The summed E-state index contributed by atoms with van der Waals surface area (Å²) in [5.41, 5.74) is 1.16. The third-order valence-corrected chi connectivity index (χ3v) is 3.30. The van der Waals surface area contributed by atoms with Gasteiger partial charge < -0.3 is 10.0 Å². The van der Waals surface area contributed by atoms with Crippen molar-refractivity contribution in [2.75, 3.05) is 11.4 Å². The van der Waals surface area contributed by atoms with Gasteiger partial charge in [0.25, 0.3) is 0 Å². The number of carboxylic acid groups (broad SMARTS) is 1. The third-order valence-electron chi connectivity index (χ3n) is 3.30. The molecule has 0 bridgehead atoms. The lowest BCUT2D eigenvalue weighted by Gasteiger charge is -2.24. The predicted octanol–water partition coefficient (Wildman–Crippen LogP) is 2.32. The molecule has 1 aromatic rings. The van der Waals surface area contributed by atoms with Gasteiger partial charge in [0.2, 0.25) is 0 Å². The first-order valence-corrected chi connectivity index (χ1v) is 5.96. The van der Waals surface area contributed by atoms with Crippen LogP contribution >= 0.6 is 0 Å². The molecule has 0 spiro atoms. The lowest BCUT2D eigenvalue weighted by Crippen LogP contribution is -2.29. The van der Waals surface area contributed by atoms with Crippen LogP contribution in [0.4, 0.5) is 5.82 Å². The number of rotatable bonds is 2. The fourth-order valence-electron chi connectivity index (χ4n) is 2.52. The molecule has 0 radical (unpaired) electrons. The number of hydrogen-bond acceptors (Lipinski definition) is 3. The van der Waals surface area contributed by atoms with Crippen molar-refractivity contribution in [3.63, 3.8) is 0 Å². The first-order chi connectivity index (χ1) is 7.99. The van der Waals surface area contributed by atoms with Crippen LogP contribution in [0, 0.1) is 12.8 Å². The molecule has 2 atom stereocenters. The summed E-state index contributed by atoms with van der Waals surface area (Å²) in [5, 5.41) is 9.20. The van der Waals surface area contributed by atoms with Gasteiger partial charge in [-0.25, -0.2) is 9.78 Å². The van der Waals surface area contributed by atoms with Crippen LogP contribution in [0.2, 0.25) is 0 Å². The maximum absolute atomic E-state index is 11.2. The summed E-state index contributed by atoms with van der Waals surface area (Å²) in [6.07, 6.45) is 1.09. The average Bonchev–Trinajstić information content (AvgIpc) is 2.57. The molecule has 2 unspecified atom stereocenters. The van der Waals surface area contributed by atoms with E-state index in [1.54, 1.807) is 12.1 Å². The minimum atomic E-state index is -0.903. The van der Waals surface area contributed by atoms with E-state index in [4.69, 9.17) is 0 Å². The molecule has 1 aliphatic heterocycles. The molecular formula is C13H18N2O2. The third kappa shape index (κ3) is 2.25. The Hall–Kier alpha value is -1.58. The summed E-state index contributed by atoms with van der Waals surface area (Å²) in [6, 6.07) is 3.75. The zero-order valence-electron chi connectivity index (χ0n) is 10.5. The Bertz CT molecular complexity index is 445. The number of aryl methyl sites for hydroxylation is 1. The first-order valence-electron chi connectivity index (χ1n) is 5.96. The molecule has 2 rings (SSSR count). The Morgan fingerprint density at radius 3 is 2.71 bits per heavy atom. The highest BCUT2D eigenvalue weighted by molar-refractivity contribution is 5.93. The van der Waals surface area contributed by atoms with E-state index >= 15 is 0 Å². The van der Waals surface area contributed by atoms with E-state index in [2.05, 4.69) is 23.7 Å². The number of anilines is 1. The normalized spacial score (nSPS) is 24.1. The number of carboxylic acids is 1. The van der Waals surface area contributed by atoms with Crippen LogP contribution in [0.15, 0.2) is 12.1 Å². The molecule has 0 saturated carbocycles. The summed E-state index contributed by atoms with van der Waals surface area (Å²) in [6.45, 7) is 7.09. The van der Waals surface area contributed by atoms with E-state index in [-0.39, 0.29) is 0 Å². The van der Waals surface area contributed by atoms with E-state index < -0.39 is 5.97 Å². The molecule has 0 aromatic carbocycles. The minimum absolute atomic E-state index is 0.302. The largest absolute Gasteiger partial charge is 0.478 e. The summed E-state index contributed by atoms with van der Waals surface area (Å²) < 4.78 is 0. The van der Waals surface area contributed by atoms with Gasteiger partial charge in [0.15, 0.2) is 0 Å². The summed E-state index contributed by atoms with van der Waals surface area (Å²) >= 11 is 0. The van der Waals surface area contributed by atoms with Crippen molar-refractivity contribution in [3.05, 3.63) is 23.4 Å². The van der Waals surface area contributed by atoms with E-state index in [9.17, 15) is 9.90 Å². The summed E-state index contributed by atoms with van der Waals surface area (Å²) in [5.74, 6) is 0.308. The van der Waals surface area contributed by atoms with Gasteiger partial charge in [0.05, 0.1) is 0 Å². The smallest absolute Gasteiger partial charge is 0.339 e. The first kappa shape index (κ1) is 11.9. The molecule has 1 fully saturated rings. The summed E-state index contributed by atoms with van der Waals surface area (Å²) in [4.78, 5) is 17.7. The highest BCUT2D eigenvalue weighted by Gasteiger charge is 2.30. The molecule has 17 heavy (non-hydrogen) atoms. The van der Waals surface area contributed by atoms with Gasteiger partial charge in [0.1, 0.15) is 11.4 Å². The van der Waals surface area contributed by atoms with Gasteiger partial charge in [0, 0.05) is 18.3 Å². The second-order valence-electron chi connectivity index (χ2n) is 4.97. The molecule has 92 valence electrons. The molecular weight excluding hydrogens is 216 g/mol. The fourth-order valence-corrected chi connectivity index (χ4v) is 2.52. The van der Waals surface area contributed by atoms with Gasteiger partial charge in [-0.05, 0) is 38.3 Å². The standard InChI is InChI=1S/C13H18N2O2/c1-8-6-10(3)15(7-8)12-11(13(16)17)5-4-9(2)14-12/h4-5,8,10H,6-7H2,1-3H3,(H,16,17). The van der Waals surface area contributed by atoms with Crippen LogP contribution in [0.3, 0.4) is 0 Å². The molecule has 1 saturated heterocycles. The van der Waals surface area contributed by atoms with Crippen molar-refractivity contribution in [3.8, 4) is 0 Å². The molecule has 4 nitrogen and oxygen atoms in total. The predicted molar refractivity (Wildman–Crippen MR) is 66.5 cm³/mol. The van der Waals surface area contributed by atoms with Crippen LogP contribution in [-0.2, 0) is 0 Å². The van der Waals surface area contributed by atoms with Gasteiger partial charge in [-0.15, -0.1) is 0 Å². The Morgan fingerprint density at radius 1 is 1.47 bits per heavy atom. The molecule has 0 aliphatic carbocycles. The molecule has 1 aliphatic rings.